The summed E-state index contributed by atoms with van der Waals surface area (Å²) < 4.78 is 13.7. The first-order valence-electron chi connectivity index (χ1n) is 6.57. The predicted molar refractivity (Wildman–Crippen MR) is 71.9 cm³/mol. The van der Waals surface area contributed by atoms with Crippen molar-refractivity contribution in [3.05, 3.63) is 34.6 Å². The summed E-state index contributed by atoms with van der Waals surface area (Å²) in [5.74, 6) is -0.325. The van der Waals surface area contributed by atoms with Crippen LogP contribution in [-0.2, 0) is 11.2 Å². The van der Waals surface area contributed by atoms with Crippen molar-refractivity contribution < 1.29 is 9.18 Å². The Balaban J connectivity index is 1.75. The van der Waals surface area contributed by atoms with Crippen LogP contribution in [0.5, 0.6) is 0 Å². The van der Waals surface area contributed by atoms with Gasteiger partial charge >= 0.3 is 0 Å². The van der Waals surface area contributed by atoms with Crippen LogP contribution in [0.25, 0.3) is 0 Å². The van der Waals surface area contributed by atoms with Crippen LogP contribution in [0.3, 0.4) is 0 Å². The number of fused-ring (bicyclic) bond motifs is 3. The highest BCUT2D eigenvalue weighted by Crippen LogP contribution is 2.23. The predicted octanol–water partition coefficient (Wildman–Crippen LogP) is 1.59. The summed E-state index contributed by atoms with van der Waals surface area (Å²) in [5.41, 5.74) is 0.326. The molecule has 3 saturated heterocycles. The van der Waals surface area contributed by atoms with Crippen LogP contribution < -0.4 is 0 Å². The molecule has 5 heteroatoms. The van der Waals surface area contributed by atoms with E-state index in [4.69, 9.17) is 11.6 Å². The Hall–Kier alpha value is -0.970. The molecule has 3 heterocycles. The van der Waals surface area contributed by atoms with E-state index in [9.17, 15) is 9.18 Å². The fourth-order valence-corrected chi connectivity index (χ4v) is 3.15. The van der Waals surface area contributed by atoms with Crippen molar-refractivity contribution in [2.45, 2.75) is 12.5 Å². The molecule has 1 aromatic rings. The molecule has 1 atom stereocenters. The number of nitrogens with zero attached hydrogens (tertiary/aromatic N) is 2. The van der Waals surface area contributed by atoms with Gasteiger partial charge in [0.25, 0.3) is 0 Å². The van der Waals surface area contributed by atoms with Gasteiger partial charge in [-0.2, -0.15) is 0 Å². The Morgan fingerprint density at radius 1 is 1.32 bits per heavy atom. The number of carbonyl (C=O) groups excluding carboxylic acids is 1. The average molecular weight is 283 g/mol. The minimum absolute atomic E-state index is 0.0661. The van der Waals surface area contributed by atoms with Gasteiger partial charge in [-0.1, -0.05) is 17.7 Å². The standard InChI is InChI=1S/C14H16ClFN2O/c15-11-2-1-3-12(16)10(11)8-14(19)13-9-17-4-6-18(13)7-5-17/h1-3,13H,4-9H2. The van der Waals surface area contributed by atoms with E-state index in [2.05, 4.69) is 9.80 Å². The number of ketones is 1. The summed E-state index contributed by atoms with van der Waals surface area (Å²) in [4.78, 5) is 16.9. The lowest BCUT2D eigenvalue weighted by atomic mass is 9.98. The number of hydrogen-bond donors (Lipinski definition) is 0. The molecule has 3 nitrogen and oxygen atoms in total. The lowest BCUT2D eigenvalue weighted by molar-refractivity contribution is -0.128. The topological polar surface area (TPSA) is 23.6 Å². The van der Waals surface area contributed by atoms with E-state index in [1.807, 2.05) is 0 Å². The van der Waals surface area contributed by atoms with E-state index in [-0.39, 0.29) is 18.2 Å². The van der Waals surface area contributed by atoms with E-state index in [1.54, 1.807) is 12.1 Å². The van der Waals surface area contributed by atoms with Gasteiger partial charge in [0.05, 0.1) is 6.04 Å². The van der Waals surface area contributed by atoms with E-state index < -0.39 is 5.82 Å². The van der Waals surface area contributed by atoms with Gasteiger partial charge in [-0.3, -0.25) is 14.6 Å². The maximum absolute atomic E-state index is 13.7. The molecule has 2 bridgehead atoms. The second kappa shape index (κ2) is 5.19. The molecule has 19 heavy (non-hydrogen) atoms. The molecule has 0 radical (unpaired) electrons. The highest BCUT2D eigenvalue weighted by atomic mass is 35.5. The fraction of sp³-hybridized carbons (Fsp3) is 0.500. The first kappa shape index (κ1) is 13.0. The molecular weight excluding hydrogens is 267 g/mol. The molecule has 1 unspecified atom stereocenters. The highest BCUT2D eigenvalue weighted by molar-refractivity contribution is 6.31. The molecule has 3 fully saturated rings. The van der Waals surface area contributed by atoms with Gasteiger partial charge in [0.15, 0.2) is 5.78 Å². The van der Waals surface area contributed by atoms with Gasteiger partial charge in [0.2, 0.25) is 0 Å². The highest BCUT2D eigenvalue weighted by Gasteiger charge is 2.36. The Labute approximate surface area is 116 Å². The molecule has 0 spiro atoms. The van der Waals surface area contributed by atoms with Crippen LogP contribution in [0.4, 0.5) is 4.39 Å². The lowest BCUT2D eigenvalue weighted by Gasteiger charge is -2.46. The summed E-state index contributed by atoms with van der Waals surface area (Å²) >= 11 is 5.98. The summed E-state index contributed by atoms with van der Waals surface area (Å²) in [6.07, 6.45) is 0.0838. The summed E-state index contributed by atoms with van der Waals surface area (Å²) in [6.45, 7) is 4.70. The van der Waals surface area contributed by atoms with Crippen molar-refractivity contribution in [3.8, 4) is 0 Å². The Morgan fingerprint density at radius 2 is 2.05 bits per heavy atom. The molecule has 3 aliphatic heterocycles. The third-order valence-corrected chi connectivity index (χ3v) is 4.42. The second-order valence-corrected chi connectivity index (χ2v) is 5.60. The number of piperazine rings is 3. The largest absolute Gasteiger partial charge is 0.299 e. The quantitative estimate of drug-likeness (QED) is 0.841. The number of rotatable bonds is 3. The van der Waals surface area contributed by atoms with Crippen LogP contribution >= 0.6 is 11.6 Å². The van der Waals surface area contributed by atoms with Crippen molar-refractivity contribution in [1.82, 2.24) is 9.80 Å². The van der Waals surface area contributed by atoms with Crippen LogP contribution in [-0.4, -0.2) is 54.3 Å². The summed E-state index contributed by atoms with van der Waals surface area (Å²) in [6, 6.07) is 4.44. The van der Waals surface area contributed by atoms with Gasteiger partial charge < -0.3 is 0 Å². The first-order chi connectivity index (χ1) is 9.15. The van der Waals surface area contributed by atoms with Crippen LogP contribution in [0, 0.1) is 5.82 Å². The van der Waals surface area contributed by atoms with Crippen LogP contribution in [0.15, 0.2) is 18.2 Å². The maximum Gasteiger partial charge on any atom is 0.155 e. The van der Waals surface area contributed by atoms with E-state index >= 15 is 0 Å². The molecule has 102 valence electrons. The van der Waals surface area contributed by atoms with Crippen molar-refractivity contribution in [2.24, 2.45) is 0 Å². The molecule has 1 aromatic carbocycles. The van der Waals surface area contributed by atoms with Gasteiger partial charge in [-0.25, -0.2) is 4.39 Å². The smallest absolute Gasteiger partial charge is 0.155 e. The zero-order valence-electron chi connectivity index (χ0n) is 10.6. The minimum Gasteiger partial charge on any atom is -0.299 e. The number of hydrogen-bond acceptors (Lipinski definition) is 3. The normalized spacial score (nSPS) is 29.5. The van der Waals surface area contributed by atoms with Gasteiger partial charge in [0.1, 0.15) is 5.82 Å². The van der Waals surface area contributed by atoms with E-state index in [0.29, 0.717) is 10.6 Å². The fourth-order valence-electron chi connectivity index (χ4n) is 2.92. The minimum atomic E-state index is -0.392. The molecule has 0 aliphatic carbocycles. The number of Topliss-reactive ketones (excluding diaryl/α,β-unsaturated/α-hetero) is 1. The maximum atomic E-state index is 13.7. The summed E-state index contributed by atoms with van der Waals surface area (Å²) in [7, 11) is 0. The SMILES string of the molecule is O=C(Cc1c(F)cccc1Cl)C1CN2CCN1CC2. The third-order valence-electron chi connectivity index (χ3n) is 4.06. The molecule has 0 aromatic heterocycles. The van der Waals surface area contributed by atoms with E-state index in [0.717, 1.165) is 32.7 Å². The van der Waals surface area contributed by atoms with Gasteiger partial charge in [-0.15, -0.1) is 0 Å². The second-order valence-electron chi connectivity index (χ2n) is 5.20. The monoisotopic (exact) mass is 282 g/mol. The van der Waals surface area contributed by atoms with E-state index in [1.165, 1.54) is 6.07 Å². The van der Waals surface area contributed by atoms with Gasteiger partial charge in [0, 0.05) is 49.7 Å². The first-order valence-corrected chi connectivity index (χ1v) is 6.95. The van der Waals surface area contributed by atoms with Crippen molar-refractivity contribution in [3.63, 3.8) is 0 Å². The molecule has 3 aliphatic rings. The molecule has 4 rings (SSSR count). The molecule has 0 N–H and O–H groups in total. The number of halogens is 2. The Kier molecular flexibility index (Phi) is 3.56. The molecular formula is C14H16ClFN2O. The molecule has 0 saturated carbocycles. The van der Waals surface area contributed by atoms with Crippen molar-refractivity contribution in [2.75, 3.05) is 32.7 Å². The average Bonchev–Trinajstić information content (AvgIpc) is 2.44. The van der Waals surface area contributed by atoms with Crippen molar-refractivity contribution in [1.29, 1.82) is 0 Å². The Morgan fingerprint density at radius 3 is 2.63 bits per heavy atom. The van der Waals surface area contributed by atoms with Gasteiger partial charge in [-0.05, 0) is 12.1 Å². The van der Waals surface area contributed by atoms with Crippen molar-refractivity contribution >= 4 is 17.4 Å². The number of benzene rings is 1. The zero-order valence-corrected chi connectivity index (χ0v) is 11.4. The third kappa shape index (κ3) is 2.53. The summed E-state index contributed by atoms with van der Waals surface area (Å²) in [5, 5.41) is 0.338. The number of carbonyl (C=O) groups is 1. The molecule has 0 amide bonds. The lowest BCUT2D eigenvalue weighted by Crippen LogP contribution is -2.63. The zero-order chi connectivity index (χ0) is 13.4. The Bertz CT molecular complexity index is 480. The van der Waals surface area contributed by atoms with Crippen LogP contribution in [0.1, 0.15) is 5.56 Å². The van der Waals surface area contributed by atoms with Crippen LogP contribution in [0.2, 0.25) is 5.02 Å².